The number of piperidine rings is 1. The number of aromatic nitrogens is 4. The van der Waals surface area contributed by atoms with E-state index in [0.717, 1.165) is 42.3 Å². The van der Waals surface area contributed by atoms with Crippen molar-refractivity contribution >= 4 is 37.9 Å². The lowest BCUT2D eigenvalue weighted by Gasteiger charge is -2.30. The van der Waals surface area contributed by atoms with Gasteiger partial charge >= 0.3 is 0 Å². The molecule has 0 N–H and O–H groups in total. The van der Waals surface area contributed by atoms with Gasteiger partial charge in [-0.15, -0.1) is 11.3 Å². The fourth-order valence-corrected chi connectivity index (χ4v) is 5.76. The van der Waals surface area contributed by atoms with E-state index >= 15 is 0 Å². The van der Waals surface area contributed by atoms with Crippen molar-refractivity contribution in [3.8, 4) is 0 Å². The van der Waals surface area contributed by atoms with Crippen LogP contribution in [0.1, 0.15) is 34.5 Å². The van der Waals surface area contributed by atoms with Gasteiger partial charge in [0.25, 0.3) is 5.56 Å². The molecule has 0 bridgehead atoms. The van der Waals surface area contributed by atoms with Crippen LogP contribution in [-0.4, -0.2) is 37.6 Å². The summed E-state index contributed by atoms with van der Waals surface area (Å²) < 4.78 is 2.68. The van der Waals surface area contributed by atoms with Crippen LogP contribution in [0.2, 0.25) is 0 Å². The van der Waals surface area contributed by atoms with Crippen molar-refractivity contribution in [3.63, 3.8) is 0 Å². The van der Waals surface area contributed by atoms with Crippen molar-refractivity contribution in [2.45, 2.75) is 32.2 Å². The molecule has 1 atom stereocenters. The van der Waals surface area contributed by atoms with Gasteiger partial charge in [-0.25, -0.2) is 9.97 Å². The van der Waals surface area contributed by atoms with Gasteiger partial charge in [-0.2, -0.15) is 9.61 Å². The predicted molar refractivity (Wildman–Crippen MR) is 109 cm³/mol. The smallest absolute Gasteiger partial charge is 0.275 e. The molecule has 1 aliphatic heterocycles. The summed E-state index contributed by atoms with van der Waals surface area (Å²) in [6.45, 7) is 4.64. The number of aryl methyl sites for hydroxylation is 1. The molecule has 8 heteroatoms. The Labute approximate surface area is 164 Å². The fourth-order valence-electron chi connectivity index (χ4n) is 3.68. The van der Waals surface area contributed by atoms with E-state index in [9.17, 15) is 4.79 Å². The van der Waals surface area contributed by atoms with Crippen LogP contribution < -0.4 is 5.56 Å². The maximum Gasteiger partial charge on any atom is 0.275 e. The van der Waals surface area contributed by atoms with E-state index in [1.165, 1.54) is 38.0 Å². The van der Waals surface area contributed by atoms with Crippen molar-refractivity contribution in [2.75, 3.05) is 13.1 Å². The van der Waals surface area contributed by atoms with Crippen LogP contribution in [0, 0.1) is 6.92 Å². The van der Waals surface area contributed by atoms with E-state index in [4.69, 9.17) is 4.98 Å². The van der Waals surface area contributed by atoms with Gasteiger partial charge in [-0.05, 0) is 38.4 Å². The zero-order chi connectivity index (χ0) is 18.4. The Morgan fingerprint density at radius 2 is 2.11 bits per heavy atom. The zero-order valence-corrected chi connectivity index (χ0v) is 16.6. The Bertz CT molecular complexity index is 1140. The van der Waals surface area contributed by atoms with Crippen LogP contribution in [0.4, 0.5) is 0 Å². The van der Waals surface area contributed by atoms with Crippen LogP contribution >= 0.6 is 22.7 Å². The summed E-state index contributed by atoms with van der Waals surface area (Å²) in [5.41, 5.74) is 1.73. The number of likely N-dealkylation sites (tertiary alicyclic amines) is 1. The Balaban J connectivity index is 1.36. The normalized spacial score (nSPS) is 18.5. The van der Waals surface area contributed by atoms with Crippen molar-refractivity contribution in [1.82, 2.24) is 24.5 Å². The molecule has 0 saturated carbocycles. The first-order valence-corrected chi connectivity index (χ1v) is 10.7. The summed E-state index contributed by atoms with van der Waals surface area (Å²) in [5.74, 6) is 0.466. The van der Waals surface area contributed by atoms with Gasteiger partial charge in [0.05, 0.1) is 21.8 Å². The predicted octanol–water partition coefficient (Wildman–Crippen LogP) is 3.45. The average molecular weight is 398 g/mol. The maximum atomic E-state index is 12.1. The first-order chi connectivity index (χ1) is 13.2. The van der Waals surface area contributed by atoms with E-state index in [1.807, 2.05) is 24.3 Å². The molecule has 1 aliphatic rings. The number of nitrogens with zero attached hydrogens (tertiary/aromatic N) is 5. The Morgan fingerprint density at radius 3 is 3.00 bits per heavy atom. The minimum absolute atomic E-state index is 0.106. The molecule has 27 heavy (non-hydrogen) atoms. The van der Waals surface area contributed by atoms with Gasteiger partial charge in [-0.1, -0.05) is 23.5 Å². The van der Waals surface area contributed by atoms with Crippen molar-refractivity contribution in [3.05, 3.63) is 56.4 Å². The number of hydrogen-bond donors (Lipinski definition) is 0. The highest BCUT2D eigenvalue weighted by atomic mass is 32.1. The molecule has 3 aromatic heterocycles. The summed E-state index contributed by atoms with van der Waals surface area (Å²) >= 11 is 3.32. The molecule has 4 heterocycles. The van der Waals surface area contributed by atoms with Gasteiger partial charge in [0.15, 0.2) is 0 Å². The lowest BCUT2D eigenvalue weighted by atomic mass is 9.99. The molecule has 0 spiro atoms. The zero-order valence-electron chi connectivity index (χ0n) is 15.0. The maximum absolute atomic E-state index is 12.1. The van der Waals surface area contributed by atoms with E-state index in [-0.39, 0.29) is 5.56 Å². The highest BCUT2D eigenvalue weighted by Crippen LogP contribution is 2.33. The minimum Gasteiger partial charge on any atom is -0.296 e. The topological polar surface area (TPSA) is 63.4 Å². The molecule has 6 nitrogen and oxygen atoms in total. The van der Waals surface area contributed by atoms with E-state index in [2.05, 4.69) is 33.2 Å². The Morgan fingerprint density at radius 1 is 1.22 bits per heavy atom. The number of para-hydroxylation sites is 1. The summed E-state index contributed by atoms with van der Waals surface area (Å²) in [5, 5.41) is 6.66. The Hall–Kier alpha value is -2.16. The van der Waals surface area contributed by atoms with Gasteiger partial charge in [0, 0.05) is 24.2 Å². The first kappa shape index (κ1) is 17.0. The van der Waals surface area contributed by atoms with Crippen molar-refractivity contribution in [2.24, 2.45) is 0 Å². The quantitative estimate of drug-likeness (QED) is 0.530. The average Bonchev–Trinajstić information content (AvgIpc) is 3.25. The lowest BCUT2D eigenvalue weighted by Crippen LogP contribution is -2.33. The molecule has 1 unspecified atom stereocenters. The molecule has 4 aromatic rings. The van der Waals surface area contributed by atoms with Crippen LogP contribution in [0.5, 0.6) is 0 Å². The molecule has 5 rings (SSSR count). The summed E-state index contributed by atoms with van der Waals surface area (Å²) in [4.78, 5) is 24.5. The summed E-state index contributed by atoms with van der Waals surface area (Å²) in [6.07, 6.45) is 2.33. The molecule has 1 fully saturated rings. The highest BCUT2D eigenvalue weighted by Gasteiger charge is 2.25. The fraction of sp³-hybridized carbons (Fsp3) is 0.368. The third-order valence-electron chi connectivity index (χ3n) is 4.94. The Kier molecular flexibility index (Phi) is 4.26. The molecular formula is C19H19N5OS2. The molecular weight excluding hydrogens is 378 g/mol. The largest absolute Gasteiger partial charge is 0.296 e. The van der Waals surface area contributed by atoms with Crippen LogP contribution in [0.15, 0.2) is 35.1 Å². The number of rotatable bonds is 3. The van der Waals surface area contributed by atoms with E-state index in [0.29, 0.717) is 10.9 Å². The molecule has 0 radical (unpaired) electrons. The minimum atomic E-state index is -0.106. The number of fused-ring (bicyclic) bond motifs is 2. The second-order valence-electron chi connectivity index (χ2n) is 7.02. The van der Waals surface area contributed by atoms with E-state index < -0.39 is 0 Å². The summed E-state index contributed by atoms with van der Waals surface area (Å²) in [7, 11) is 0. The molecule has 1 saturated heterocycles. The van der Waals surface area contributed by atoms with Crippen LogP contribution in [-0.2, 0) is 6.54 Å². The third kappa shape index (κ3) is 3.28. The van der Waals surface area contributed by atoms with Gasteiger partial charge in [0.2, 0.25) is 4.96 Å². The number of thiazole rings is 1. The van der Waals surface area contributed by atoms with Crippen LogP contribution in [0.3, 0.4) is 0 Å². The lowest BCUT2D eigenvalue weighted by molar-refractivity contribution is 0.199. The third-order valence-corrected chi connectivity index (χ3v) is 7.03. The first-order valence-electron chi connectivity index (χ1n) is 9.10. The molecule has 0 amide bonds. The molecule has 1 aromatic carbocycles. The van der Waals surface area contributed by atoms with Crippen LogP contribution in [0.25, 0.3) is 15.2 Å². The van der Waals surface area contributed by atoms with Gasteiger partial charge < -0.3 is 0 Å². The van der Waals surface area contributed by atoms with Crippen molar-refractivity contribution in [1.29, 1.82) is 0 Å². The molecule has 138 valence electrons. The van der Waals surface area contributed by atoms with E-state index in [1.54, 1.807) is 0 Å². The molecule has 0 aliphatic carbocycles. The number of benzene rings is 1. The summed E-state index contributed by atoms with van der Waals surface area (Å²) in [6, 6.07) is 9.88. The van der Waals surface area contributed by atoms with Crippen molar-refractivity contribution < 1.29 is 0 Å². The van der Waals surface area contributed by atoms with Gasteiger partial charge in [-0.3, -0.25) is 9.69 Å². The second kappa shape index (κ2) is 6.78. The second-order valence-corrected chi connectivity index (χ2v) is 9.12. The SMILES string of the molecule is Cc1cc(=O)n2nc(CN3CCCC(c4nc5ccccc5s4)C3)sc2n1. The highest BCUT2D eigenvalue weighted by molar-refractivity contribution is 7.18. The monoisotopic (exact) mass is 397 g/mol. The number of hydrogen-bond acceptors (Lipinski definition) is 7. The van der Waals surface area contributed by atoms with Gasteiger partial charge in [0.1, 0.15) is 5.01 Å². The standard InChI is InChI=1S/C19H19N5OS2/c1-12-9-17(25)24-19(20-12)27-16(22-24)11-23-8-4-5-13(10-23)18-21-14-6-2-3-7-15(14)26-18/h2-3,6-7,9,13H,4-5,8,10-11H2,1H3.